The number of anilines is 1. The van der Waals surface area contributed by atoms with Gasteiger partial charge < -0.3 is 9.80 Å². The fourth-order valence-electron chi connectivity index (χ4n) is 3.87. The van der Waals surface area contributed by atoms with Gasteiger partial charge in [0, 0.05) is 31.7 Å². The van der Waals surface area contributed by atoms with Crippen LogP contribution in [0.25, 0.3) is 0 Å². The molecule has 2 aromatic rings. The van der Waals surface area contributed by atoms with Crippen LogP contribution in [0.3, 0.4) is 0 Å². The van der Waals surface area contributed by atoms with Crippen molar-refractivity contribution >= 4 is 15.8 Å². The first-order valence-electron chi connectivity index (χ1n) is 9.92. The molecule has 6 nitrogen and oxygen atoms in total. The van der Waals surface area contributed by atoms with Gasteiger partial charge in [-0.15, -0.1) is 0 Å². The maximum atomic E-state index is 13.4. The van der Waals surface area contributed by atoms with E-state index in [0.29, 0.717) is 49.2 Å². The van der Waals surface area contributed by atoms with Gasteiger partial charge in [-0.3, -0.25) is 0 Å². The van der Waals surface area contributed by atoms with Gasteiger partial charge >= 0.3 is 6.18 Å². The van der Waals surface area contributed by atoms with Crippen LogP contribution in [0.15, 0.2) is 34.2 Å². The lowest BCUT2D eigenvalue weighted by atomic mass is 9.97. The highest BCUT2D eigenvalue weighted by Gasteiger charge is 2.34. The predicted octanol–water partition coefficient (Wildman–Crippen LogP) is 2.96. The molecule has 0 saturated carbocycles. The molecule has 0 atom stereocenters. The van der Waals surface area contributed by atoms with Crippen molar-refractivity contribution in [3.05, 3.63) is 41.1 Å². The molecule has 0 spiro atoms. The van der Waals surface area contributed by atoms with Gasteiger partial charge in [0.2, 0.25) is 15.8 Å². The number of fused-ring (bicyclic) bond motifs is 1. The number of hydrogen-bond acceptors (Lipinski definition) is 6. The first-order valence-corrected chi connectivity index (χ1v) is 11.4. The van der Waals surface area contributed by atoms with Gasteiger partial charge in [-0.2, -0.15) is 13.2 Å². The number of hydrogen-bond donors (Lipinski definition) is 0. The molecular formula is C20H23F3N4O2S. The number of alkyl halides is 3. The Kier molecular flexibility index (Phi) is 5.48. The predicted molar refractivity (Wildman–Crippen MR) is 105 cm³/mol. The number of aromatic nitrogens is 2. The number of piperazine rings is 1. The summed E-state index contributed by atoms with van der Waals surface area (Å²) >= 11 is 0. The van der Waals surface area contributed by atoms with Gasteiger partial charge in [0.25, 0.3) is 0 Å². The molecule has 162 valence electrons. The zero-order valence-corrected chi connectivity index (χ0v) is 17.4. The van der Waals surface area contributed by atoms with E-state index >= 15 is 0 Å². The van der Waals surface area contributed by atoms with Crippen molar-refractivity contribution in [3.63, 3.8) is 0 Å². The molecule has 1 aliphatic carbocycles. The van der Waals surface area contributed by atoms with Gasteiger partial charge in [0.1, 0.15) is 0 Å². The van der Waals surface area contributed by atoms with Crippen molar-refractivity contribution in [1.29, 1.82) is 0 Å². The Labute approximate surface area is 173 Å². The van der Waals surface area contributed by atoms with Crippen LogP contribution in [0.1, 0.15) is 29.7 Å². The lowest BCUT2D eigenvalue weighted by molar-refractivity contribution is -0.137. The molecule has 30 heavy (non-hydrogen) atoms. The van der Waals surface area contributed by atoms with E-state index < -0.39 is 26.5 Å². The van der Waals surface area contributed by atoms with Crippen LogP contribution in [0.4, 0.5) is 19.1 Å². The molecule has 1 aliphatic heterocycles. The van der Waals surface area contributed by atoms with E-state index in [0.717, 1.165) is 38.1 Å². The fourth-order valence-corrected chi connectivity index (χ4v) is 5.38. The highest BCUT2D eigenvalue weighted by Crippen LogP contribution is 2.34. The molecule has 2 heterocycles. The second-order valence-electron chi connectivity index (χ2n) is 7.78. The quantitative estimate of drug-likeness (QED) is 0.684. The first-order chi connectivity index (χ1) is 14.2. The zero-order valence-electron chi connectivity index (χ0n) is 16.6. The average molecular weight is 440 g/mol. The standard InChI is InChI=1S/C20H23F3N4O2S/c1-26-9-11-27(12-10-26)19-24-17-8-3-2-7-16(17)18(25-19)30(28,29)15-6-4-5-14(13-15)20(21,22)23/h4-6,13H,2-3,7-12H2,1H3. The first kappa shape index (κ1) is 21.0. The third-order valence-electron chi connectivity index (χ3n) is 5.65. The van der Waals surface area contributed by atoms with Crippen LogP contribution in [0.5, 0.6) is 0 Å². The van der Waals surface area contributed by atoms with Crippen LogP contribution in [-0.2, 0) is 28.9 Å². The number of aryl methyl sites for hydroxylation is 1. The van der Waals surface area contributed by atoms with Gasteiger partial charge in [0.05, 0.1) is 16.2 Å². The minimum absolute atomic E-state index is 0.152. The largest absolute Gasteiger partial charge is 0.416 e. The van der Waals surface area contributed by atoms with Crippen LogP contribution < -0.4 is 4.90 Å². The van der Waals surface area contributed by atoms with Crippen LogP contribution in [0, 0.1) is 0 Å². The zero-order chi connectivity index (χ0) is 21.5. The van der Waals surface area contributed by atoms with Gasteiger partial charge in [-0.1, -0.05) is 6.07 Å². The fraction of sp³-hybridized carbons (Fsp3) is 0.500. The summed E-state index contributed by atoms with van der Waals surface area (Å²) in [7, 11) is -2.21. The number of benzene rings is 1. The van der Waals surface area contributed by atoms with E-state index in [1.54, 1.807) is 0 Å². The summed E-state index contributed by atoms with van der Waals surface area (Å²) < 4.78 is 66.2. The summed E-state index contributed by atoms with van der Waals surface area (Å²) in [4.78, 5) is 12.8. The summed E-state index contributed by atoms with van der Waals surface area (Å²) in [6.45, 7) is 2.93. The van der Waals surface area contributed by atoms with E-state index in [1.165, 1.54) is 6.07 Å². The lowest BCUT2D eigenvalue weighted by Gasteiger charge is -2.33. The summed E-state index contributed by atoms with van der Waals surface area (Å²) in [5.41, 5.74) is 0.234. The highest BCUT2D eigenvalue weighted by molar-refractivity contribution is 7.91. The number of likely N-dealkylation sites (N-methyl/N-ethyl adjacent to an activating group) is 1. The normalized spacial score (nSPS) is 18.3. The second-order valence-corrected chi connectivity index (χ2v) is 9.65. The van der Waals surface area contributed by atoms with E-state index in [2.05, 4.69) is 14.9 Å². The molecule has 0 bridgehead atoms. The molecule has 1 fully saturated rings. The summed E-state index contributed by atoms with van der Waals surface area (Å²) in [6, 6.07) is 3.86. The van der Waals surface area contributed by atoms with Crippen LogP contribution in [0.2, 0.25) is 0 Å². The van der Waals surface area contributed by atoms with Crippen molar-refractivity contribution in [1.82, 2.24) is 14.9 Å². The maximum Gasteiger partial charge on any atom is 0.416 e. The third-order valence-corrected chi connectivity index (χ3v) is 7.37. The molecule has 4 rings (SSSR count). The SMILES string of the molecule is CN1CCN(c2nc3c(c(S(=O)(=O)c4cccc(C(F)(F)F)c4)n2)CCCC3)CC1. The maximum absolute atomic E-state index is 13.4. The van der Waals surface area contributed by atoms with E-state index in [1.807, 2.05) is 11.9 Å². The molecule has 1 saturated heterocycles. The Bertz CT molecular complexity index is 1050. The van der Waals surface area contributed by atoms with Gasteiger partial charge in [0.15, 0.2) is 5.03 Å². The summed E-state index contributed by atoms with van der Waals surface area (Å²) in [6.07, 6.45) is -1.78. The summed E-state index contributed by atoms with van der Waals surface area (Å²) in [5.74, 6) is 0.342. The van der Waals surface area contributed by atoms with Gasteiger partial charge in [-0.25, -0.2) is 18.4 Å². The van der Waals surface area contributed by atoms with Crippen molar-refractivity contribution in [3.8, 4) is 0 Å². The molecule has 2 aliphatic rings. The van der Waals surface area contributed by atoms with E-state index in [4.69, 9.17) is 0 Å². The van der Waals surface area contributed by atoms with Crippen molar-refractivity contribution in [2.75, 3.05) is 38.1 Å². The Balaban J connectivity index is 1.82. The molecule has 0 N–H and O–H groups in total. The topological polar surface area (TPSA) is 66.4 Å². The smallest absolute Gasteiger partial charge is 0.338 e. The second kappa shape index (κ2) is 7.81. The lowest BCUT2D eigenvalue weighted by Crippen LogP contribution is -2.45. The number of sulfone groups is 1. The van der Waals surface area contributed by atoms with E-state index in [-0.39, 0.29) is 5.03 Å². The number of halogens is 3. The Morgan fingerprint density at radius 2 is 1.70 bits per heavy atom. The molecular weight excluding hydrogens is 417 g/mol. The van der Waals surface area contributed by atoms with Crippen molar-refractivity contribution in [2.45, 2.75) is 41.8 Å². The number of nitrogens with zero attached hydrogens (tertiary/aromatic N) is 4. The third kappa shape index (κ3) is 4.02. The Morgan fingerprint density at radius 1 is 1.00 bits per heavy atom. The van der Waals surface area contributed by atoms with Crippen LogP contribution in [-0.4, -0.2) is 56.5 Å². The average Bonchev–Trinajstić information content (AvgIpc) is 2.73. The molecule has 0 radical (unpaired) electrons. The molecule has 0 unspecified atom stereocenters. The minimum Gasteiger partial charge on any atom is -0.338 e. The van der Waals surface area contributed by atoms with Crippen molar-refractivity contribution < 1.29 is 21.6 Å². The molecule has 1 aromatic heterocycles. The van der Waals surface area contributed by atoms with Gasteiger partial charge in [-0.05, 0) is 50.9 Å². The minimum atomic E-state index is -4.62. The highest BCUT2D eigenvalue weighted by atomic mass is 32.2. The Hall–Kier alpha value is -2.20. The number of rotatable bonds is 3. The molecule has 0 amide bonds. The summed E-state index contributed by atoms with van der Waals surface area (Å²) in [5, 5.41) is -0.152. The van der Waals surface area contributed by atoms with E-state index in [9.17, 15) is 21.6 Å². The molecule has 10 heteroatoms. The molecule has 1 aromatic carbocycles. The van der Waals surface area contributed by atoms with Crippen molar-refractivity contribution in [2.24, 2.45) is 0 Å². The van der Waals surface area contributed by atoms with Crippen LogP contribution >= 0.6 is 0 Å². The monoisotopic (exact) mass is 440 g/mol. The Morgan fingerprint density at radius 3 is 2.40 bits per heavy atom.